The molecule has 28 heavy (non-hydrogen) atoms. The van der Waals surface area contributed by atoms with E-state index in [2.05, 4.69) is 10.00 Å². The van der Waals surface area contributed by atoms with Gasteiger partial charge >= 0.3 is 0 Å². The third-order valence-corrected chi connectivity index (χ3v) is 6.08. The average molecular weight is 389 g/mol. The molecule has 2 saturated heterocycles. The monoisotopic (exact) mass is 389 g/mol. The third-order valence-electron chi connectivity index (χ3n) is 6.08. The van der Waals surface area contributed by atoms with Crippen LogP contribution in [0.25, 0.3) is 5.69 Å². The van der Waals surface area contributed by atoms with E-state index in [4.69, 9.17) is 4.74 Å². The highest BCUT2D eigenvalue weighted by Gasteiger charge is 2.47. The van der Waals surface area contributed by atoms with E-state index in [1.54, 1.807) is 12.1 Å². The second-order valence-corrected chi connectivity index (χ2v) is 8.10. The van der Waals surface area contributed by atoms with Crippen LogP contribution < -0.4 is 0 Å². The zero-order valence-corrected chi connectivity index (χ0v) is 16.4. The molecule has 1 spiro atoms. The second-order valence-electron chi connectivity index (χ2n) is 8.10. The van der Waals surface area contributed by atoms with Gasteiger partial charge in [-0.25, -0.2) is 9.07 Å². The predicted octanol–water partition coefficient (Wildman–Crippen LogP) is 2.10. The van der Waals surface area contributed by atoms with E-state index in [0.717, 1.165) is 35.7 Å². The van der Waals surface area contributed by atoms with Gasteiger partial charge in [-0.3, -0.25) is 4.90 Å². The smallest absolute Gasteiger partial charge is 0.123 e. The number of piperidine rings is 1. The van der Waals surface area contributed by atoms with Gasteiger partial charge in [0.05, 0.1) is 29.7 Å². The molecule has 2 atom stereocenters. The fourth-order valence-corrected chi connectivity index (χ4v) is 4.51. The number of aliphatic hydroxyl groups excluding tert-OH is 2. The Bertz CT molecular complexity index is 845. The van der Waals surface area contributed by atoms with Crippen molar-refractivity contribution in [1.29, 1.82) is 0 Å². The fraction of sp³-hybridized carbons (Fsp3) is 0.571. The van der Waals surface area contributed by atoms with Gasteiger partial charge in [0, 0.05) is 25.3 Å². The van der Waals surface area contributed by atoms with E-state index in [1.807, 2.05) is 24.6 Å². The number of likely N-dealkylation sites (tertiary alicyclic amines) is 1. The lowest BCUT2D eigenvalue weighted by Gasteiger charge is -2.48. The number of rotatable bonds is 3. The van der Waals surface area contributed by atoms with Gasteiger partial charge in [0.2, 0.25) is 0 Å². The van der Waals surface area contributed by atoms with Crippen molar-refractivity contribution >= 4 is 0 Å². The summed E-state index contributed by atoms with van der Waals surface area (Å²) in [6, 6.07) is 6.82. The minimum absolute atomic E-state index is 0.261. The molecule has 2 fully saturated rings. The van der Waals surface area contributed by atoms with E-state index in [-0.39, 0.29) is 5.82 Å². The first-order chi connectivity index (χ1) is 13.4. The number of hydrogen-bond acceptors (Lipinski definition) is 5. The van der Waals surface area contributed by atoms with Crippen LogP contribution in [0.2, 0.25) is 0 Å². The van der Waals surface area contributed by atoms with Gasteiger partial charge in [-0.1, -0.05) is 0 Å². The highest BCUT2D eigenvalue weighted by atomic mass is 19.1. The van der Waals surface area contributed by atoms with Gasteiger partial charge < -0.3 is 14.9 Å². The van der Waals surface area contributed by atoms with Crippen molar-refractivity contribution in [3.63, 3.8) is 0 Å². The molecule has 6 nitrogen and oxygen atoms in total. The van der Waals surface area contributed by atoms with Crippen LogP contribution in [-0.2, 0) is 11.3 Å². The molecule has 1 aromatic carbocycles. The standard InChI is InChI=1S/C21H28FN3O3/c1-14-11-15(2)25(23-14)18-4-3-17(22)12-16(18)13-24-8-6-21(7-9-24)20(27)19(26)5-10-28-21/h3-4,11-12,19-20,26-27H,5-10,13H2,1-2H3/t19-,20-/m0/s1. The Morgan fingerprint density at radius 3 is 2.64 bits per heavy atom. The molecule has 1 aromatic heterocycles. The normalized spacial score (nSPS) is 25.3. The van der Waals surface area contributed by atoms with Crippen LogP contribution in [0.5, 0.6) is 0 Å². The molecular weight excluding hydrogens is 361 g/mol. The quantitative estimate of drug-likeness (QED) is 0.841. The Kier molecular flexibility index (Phi) is 5.26. The first-order valence-corrected chi connectivity index (χ1v) is 9.92. The third kappa shape index (κ3) is 3.59. The Morgan fingerprint density at radius 1 is 1.21 bits per heavy atom. The minimum atomic E-state index is -0.845. The van der Waals surface area contributed by atoms with E-state index in [9.17, 15) is 14.6 Å². The lowest BCUT2D eigenvalue weighted by molar-refractivity contribution is -0.214. The molecule has 4 rings (SSSR count). The first kappa shape index (κ1) is 19.5. The number of ether oxygens (including phenoxy) is 1. The summed E-state index contributed by atoms with van der Waals surface area (Å²) < 4.78 is 21.7. The van der Waals surface area contributed by atoms with Gasteiger partial charge in [-0.2, -0.15) is 5.10 Å². The maximum absolute atomic E-state index is 14.0. The van der Waals surface area contributed by atoms with Crippen LogP contribution in [0, 0.1) is 19.7 Å². The van der Waals surface area contributed by atoms with Crippen molar-refractivity contribution in [2.75, 3.05) is 19.7 Å². The molecule has 0 saturated carbocycles. The van der Waals surface area contributed by atoms with Crippen molar-refractivity contribution in [2.24, 2.45) is 0 Å². The molecular formula is C21H28FN3O3. The highest BCUT2D eigenvalue weighted by molar-refractivity contribution is 5.42. The van der Waals surface area contributed by atoms with Crippen LogP contribution in [0.4, 0.5) is 4.39 Å². The molecule has 152 valence electrons. The lowest BCUT2D eigenvalue weighted by Crippen LogP contribution is -2.59. The van der Waals surface area contributed by atoms with Crippen LogP contribution in [-0.4, -0.2) is 62.4 Å². The molecule has 0 radical (unpaired) electrons. The Labute approximate surface area is 164 Å². The molecule has 2 aliphatic rings. The van der Waals surface area contributed by atoms with Crippen molar-refractivity contribution in [3.05, 3.63) is 47.0 Å². The largest absolute Gasteiger partial charge is 0.390 e. The summed E-state index contributed by atoms with van der Waals surface area (Å²) in [7, 11) is 0. The van der Waals surface area contributed by atoms with Crippen LogP contribution in [0.15, 0.2) is 24.3 Å². The van der Waals surface area contributed by atoms with Crippen molar-refractivity contribution in [3.8, 4) is 5.69 Å². The second kappa shape index (κ2) is 7.55. The average Bonchev–Trinajstić information content (AvgIpc) is 3.00. The highest BCUT2D eigenvalue weighted by Crippen LogP contribution is 2.36. The van der Waals surface area contributed by atoms with Crippen molar-refractivity contribution in [2.45, 2.75) is 57.5 Å². The number of nitrogens with zero attached hydrogens (tertiary/aromatic N) is 3. The number of aliphatic hydroxyl groups is 2. The molecule has 2 aromatic rings. The number of aromatic nitrogens is 2. The Hall–Kier alpha value is -1.80. The van der Waals surface area contributed by atoms with Gasteiger partial charge in [0.15, 0.2) is 0 Å². The minimum Gasteiger partial charge on any atom is -0.390 e. The van der Waals surface area contributed by atoms with E-state index >= 15 is 0 Å². The molecule has 0 unspecified atom stereocenters. The lowest BCUT2D eigenvalue weighted by atomic mass is 9.80. The summed E-state index contributed by atoms with van der Waals surface area (Å²) in [6.07, 6.45) is 0.206. The van der Waals surface area contributed by atoms with Crippen molar-refractivity contribution in [1.82, 2.24) is 14.7 Å². The summed E-state index contributed by atoms with van der Waals surface area (Å²) in [6.45, 7) is 6.45. The maximum Gasteiger partial charge on any atom is 0.123 e. The van der Waals surface area contributed by atoms with Gasteiger partial charge in [0.1, 0.15) is 11.9 Å². The molecule has 0 bridgehead atoms. The topological polar surface area (TPSA) is 70.8 Å². The maximum atomic E-state index is 14.0. The van der Waals surface area contributed by atoms with Gasteiger partial charge in [0.25, 0.3) is 0 Å². The summed E-state index contributed by atoms with van der Waals surface area (Å²) in [5.41, 5.74) is 3.04. The zero-order chi connectivity index (χ0) is 19.9. The van der Waals surface area contributed by atoms with E-state index < -0.39 is 17.8 Å². The molecule has 7 heteroatoms. The summed E-state index contributed by atoms with van der Waals surface area (Å²) in [5, 5.41) is 25.0. The van der Waals surface area contributed by atoms with Crippen LogP contribution >= 0.6 is 0 Å². The number of hydrogen-bond donors (Lipinski definition) is 2. The van der Waals surface area contributed by atoms with Crippen LogP contribution in [0.1, 0.15) is 36.2 Å². The summed E-state index contributed by atoms with van der Waals surface area (Å²) >= 11 is 0. The number of benzene rings is 1. The SMILES string of the molecule is Cc1cc(C)n(-c2ccc(F)cc2CN2CCC3(CC2)OCC[C@H](O)[C@@H]3O)n1. The molecule has 2 N–H and O–H groups in total. The molecule has 0 aliphatic carbocycles. The molecule has 0 amide bonds. The van der Waals surface area contributed by atoms with Crippen molar-refractivity contribution < 1.29 is 19.3 Å². The fourth-order valence-electron chi connectivity index (χ4n) is 4.51. The number of halogens is 1. The Balaban J connectivity index is 1.51. The zero-order valence-electron chi connectivity index (χ0n) is 16.4. The number of aryl methyl sites for hydroxylation is 2. The Morgan fingerprint density at radius 2 is 1.96 bits per heavy atom. The molecule has 3 heterocycles. The predicted molar refractivity (Wildman–Crippen MR) is 103 cm³/mol. The first-order valence-electron chi connectivity index (χ1n) is 9.92. The summed E-state index contributed by atoms with van der Waals surface area (Å²) in [5.74, 6) is -0.261. The molecule has 2 aliphatic heterocycles. The summed E-state index contributed by atoms with van der Waals surface area (Å²) in [4.78, 5) is 2.24. The van der Waals surface area contributed by atoms with Gasteiger partial charge in [-0.15, -0.1) is 0 Å². The van der Waals surface area contributed by atoms with E-state index in [0.29, 0.717) is 32.4 Å². The van der Waals surface area contributed by atoms with Crippen LogP contribution in [0.3, 0.4) is 0 Å². The van der Waals surface area contributed by atoms with E-state index in [1.165, 1.54) is 6.07 Å². The van der Waals surface area contributed by atoms with Gasteiger partial charge in [-0.05, 0) is 62.9 Å².